The highest BCUT2D eigenvalue weighted by Gasteiger charge is 2.12. The molecular formula is C15H18BrNO. The molecule has 0 atom stereocenters. The Kier molecular flexibility index (Phi) is 5.00. The third-order valence-electron chi connectivity index (χ3n) is 3.23. The molecule has 2 nitrogen and oxygen atoms in total. The Morgan fingerprint density at radius 3 is 2.44 bits per heavy atom. The molecule has 1 fully saturated rings. The normalized spacial score (nSPS) is 16.8. The van der Waals surface area contributed by atoms with Crippen molar-refractivity contribution in [3.05, 3.63) is 40.4 Å². The number of hydrogen-bond donors (Lipinski definition) is 0. The van der Waals surface area contributed by atoms with E-state index in [1.807, 2.05) is 35.2 Å². The van der Waals surface area contributed by atoms with Crippen molar-refractivity contribution in [2.24, 2.45) is 0 Å². The van der Waals surface area contributed by atoms with Crippen LogP contribution in [-0.4, -0.2) is 23.9 Å². The van der Waals surface area contributed by atoms with Gasteiger partial charge in [-0.05, 0) is 30.5 Å². The Hall–Kier alpha value is -1.09. The molecule has 3 heteroatoms. The van der Waals surface area contributed by atoms with E-state index in [2.05, 4.69) is 15.9 Å². The van der Waals surface area contributed by atoms with Crippen molar-refractivity contribution in [1.82, 2.24) is 4.90 Å². The highest BCUT2D eigenvalue weighted by molar-refractivity contribution is 9.10. The first-order valence-electron chi connectivity index (χ1n) is 6.49. The van der Waals surface area contributed by atoms with Gasteiger partial charge in [-0.2, -0.15) is 0 Å². The summed E-state index contributed by atoms with van der Waals surface area (Å²) in [5, 5.41) is 0. The number of nitrogens with zero attached hydrogens (tertiary/aromatic N) is 1. The summed E-state index contributed by atoms with van der Waals surface area (Å²) in [4.78, 5) is 14.0. The van der Waals surface area contributed by atoms with Crippen LogP contribution >= 0.6 is 15.9 Å². The van der Waals surface area contributed by atoms with E-state index in [1.54, 1.807) is 6.08 Å². The molecule has 0 radical (unpaired) electrons. The molecule has 0 aromatic heterocycles. The minimum absolute atomic E-state index is 0.132. The van der Waals surface area contributed by atoms with E-state index in [1.165, 1.54) is 12.8 Å². The summed E-state index contributed by atoms with van der Waals surface area (Å²) in [5.74, 6) is 0.132. The molecule has 1 aliphatic rings. The molecule has 1 amide bonds. The molecule has 0 saturated carbocycles. The van der Waals surface area contributed by atoms with Gasteiger partial charge in [0.2, 0.25) is 5.91 Å². The minimum atomic E-state index is 0.132. The molecular weight excluding hydrogens is 290 g/mol. The summed E-state index contributed by atoms with van der Waals surface area (Å²) in [6.07, 6.45) is 8.33. The van der Waals surface area contributed by atoms with Crippen LogP contribution in [0.5, 0.6) is 0 Å². The molecule has 1 saturated heterocycles. The molecule has 0 aliphatic carbocycles. The Balaban J connectivity index is 2.00. The fourth-order valence-corrected chi connectivity index (χ4v) is 2.58. The summed E-state index contributed by atoms with van der Waals surface area (Å²) in [5.41, 5.74) is 1.04. The zero-order valence-electron chi connectivity index (χ0n) is 10.4. The number of carbonyl (C=O) groups is 1. The molecule has 0 unspecified atom stereocenters. The second-order valence-corrected chi connectivity index (χ2v) is 5.45. The maximum absolute atomic E-state index is 12.1. The van der Waals surface area contributed by atoms with Gasteiger partial charge in [0, 0.05) is 23.6 Å². The van der Waals surface area contributed by atoms with E-state index in [-0.39, 0.29) is 5.91 Å². The zero-order valence-corrected chi connectivity index (χ0v) is 12.0. The zero-order chi connectivity index (χ0) is 12.8. The lowest BCUT2D eigenvalue weighted by Gasteiger charge is -2.17. The van der Waals surface area contributed by atoms with Crippen molar-refractivity contribution >= 4 is 27.9 Å². The lowest BCUT2D eigenvalue weighted by Crippen LogP contribution is -2.30. The lowest BCUT2D eigenvalue weighted by atomic mass is 10.2. The standard InChI is InChI=1S/C15H18BrNO/c16-14-8-4-3-7-13(14)9-10-15(18)17-11-5-1-2-6-12-17/h3-4,7-10H,1-2,5-6,11-12H2/b10-9+. The Labute approximate surface area is 117 Å². The molecule has 1 aromatic rings. The van der Waals surface area contributed by atoms with Crippen molar-refractivity contribution in [2.45, 2.75) is 25.7 Å². The van der Waals surface area contributed by atoms with Gasteiger partial charge < -0.3 is 4.90 Å². The van der Waals surface area contributed by atoms with Gasteiger partial charge in [0.1, 0.15) is 0 Å². The number of likely N-dealkylation sites (tertiary alicyclic amines) is 1. The van der Waals surface area contributed by atoms with Crippen LogP contribution in [0.25, 0.3) is 6.08 Å². The molecule has 0 spiro atoms. The van der Waals surface area contributed by atoms with E-state index in [4.69, 9.17) is 0 Å². The van der Waals surface area contributed by atoms with Crippen molar-refractivity contribution in [1.29, 1.82) is 0 Å². The van der Waals surface area contributed by atoms with Crippen LogP contribution in [0.2, 0.25) is 0 Å². The molecule has 18 heavy (non-hydrogen) atoms. The Bertz CT molecular complexity index is 434. The van der Waals surface area contributed by atoms with Crippen molar-refractivity contribution < 1.29 is 4.79 Å². The van der Waals surface area contributed by atoms with Crippen LogP contribution in [0.4, 0.5) is 0 Å². The predicted molar refractivity (Wildman–Crippen MR) is 78.2 cm³/mol. The third kappa shape index (κ3) is 3.70. The van der Waals surface area contributed by atoms with Gasteiger partial charge in [-0.1, -0.05) is 47.0 Å². The number of hydrogen-bond acceptors (Lipinski definition) is 1. The van der Waals surface area contributed by atoms with E-state index >= 15 is 0 Å². The summed E-state index contributed by atoms with van der Waals surface area (Å²) in [6, 6.07) is 7.92. The maximum atomic E-state index is 12.1. The van der Waals surface area contributed by atoms with E-state index < -0.39 is 0 Å². The Morgan fingerprint density at radius 2 is 1.78 bits per heavy atom. The second kappa shape index (κ2) is 6.74. The summed E-state index contributed by atoms with van der Waals surface area (Å²) in [7, 11) is 0. The fourth-order valence-electron chi connectivity index (χ4n) is 2.17. The predicted octanol–water partition coefficient (Wildman–Crippen LogP) is 3.86. The van der Waals surface area contributed by atoms with Crippen molar-refractivity contribution in [3.63, 3.8) is 0 Å². The quantitative estimate of drug-likeness (QED) is 0.760. The molecule has 0 N–H and O–H groups in total. The number of benzene rings is 1. The van der Waals surface area contributed by atoms with Crippen LogP contribution in [0.1, 0.15) is 31.2 Å². The molecule has 2 rings (SSSR count). The summed E-state index contributed by atoms with van der Waals surface area (Å²) in [6.45, 7) is 1.80. The molecule has 0 bridgehead atoms. The second-order valence-electron chi connectivity index (χ2n) is 4.59. The van der Waals surface area contributed by atoms with E-state index in [9.17, 15) is 4.79 Å². The molecule has 1 aromatic carbocycles. The smallest absolute Gasteiger partial charge is 0.246 e. The van der Waals surface area contributed by atoms with E-state index in [0.717, 1.165) is 36.0 Å². The van der Waals surface area contributed by atoms with Gasteiger partial charge in [-0.15, -0.1) is 0 Å². The van der Waals surface area contributed by atoms with Crippen molar-refractivity contribution in [2.75, 3.05) is 13.1 Å². The average molecular weight is 308 g/mol. The van der Waals surface area contributed by atoms with Gasteiger partial charge in [0.05, 0.1) is 0 Å². The van der Waals surface area contributed by atoms with Crippen molar-refractivity contribution in [3.8, 4) is 0 Å². The maximum Gasteiger partial charge on any atom is 0.246 e. The highest BCUT2D eigenvalue weighted by Crippen LogP contribution is 2.17. The van der Waals surface area contributed by atoms with Gasteiger partial charge in [-0.3, -0.25) is 4.79 Å². The Morgan fingerprint density at radius 1 is 1.11 bits per heavy atom. The topological polar surface area (TPSA) is 20.3 Å². The van der Waals surface area contributed by atoms with Crippen LogP contribution in [-0.2, 0) is 4.79 Å². The molecule has 96 valence electrons. The van der Waals surface area contributed by atoms with Gasteiger partial charge >= 0.3 is 0 Å². The third-order valence-corrected chi connectivity index (χ3v) is 3.95. The largest absolute Gasteiger partial charge is 0.339 e. The van der Waals surface area contributed by atoms with Gasteiger partial charge in [0.25, 0.3) is 0 Å². The number of halogens is 1. The van der Waals surface area contributed by atoms with Crippen LogP contribution < -0.4 is 0 Å². The highest BCUT2D eigenvalue weighted by atomic mass is 79.9. The lowest BCUT2D eigenvalue weighted by molar-refractivity contribution is -0.125. The number of rotatable bonds is 2. The van der Waals surface area contributed by atoms with Gasteiger partial charge in [-0.25, -0.2) is 0 Å². The van der Waals surface area contributed by atoms with Gasteiger partial charge in [0.15, 0.2) is 0 Å². The van der Waals surface area contributed by atoms with E-state index in [0.29, 0.717) is 0 Å². The average Bonchev–Trinajstić information content (AvgIpc) is 2.66. The first kappa shape index (κ1) is 13.3. The van der Waals surface area contributed by atoms with Crippen LogP contribution in [0, 0.1) is 0 Å². The minimum Gasteiger partial charge on any atom is -0.339 e. The number of amides is 1. The molecule has 1 heterocycles. The van der Waals surface area contributed by atoms with Crippen LogP contribution in [0.3, 0.4) is 0 Å². The summed E-state index contributed by atoms with van der Waals surface area (Å²) >= 11 is 3.48. The molecule has 1 aliphatic heterocycles. The SMILES string of the molecule is O=C(/C=C/c1ccccc1Br)N1CCCCCC1. The monoisotopic (exact) mass is 307 g/mol. The van der Waals surface area contributed by atoms with Crippen LogP contribution in [0.15, 0.2) is 34.8 Å². The first-order chi connectivity index (χ1) is 8.77. The first-order valence-corrected chi connectivity index (χ1v) is 7.28. The number of carbonyl (C=O) groups excluding carboxylic acids is 1. The fraction of sp³-hybridized carbons (Fsp3) is 0.400. The summed E-state index contributed by atoms with van der Waals surface area (Å²) < 4.78 is 1.02.